The summed E-state index contributed by atoms with van der Waals surface area (Å²) in [6.45, 7) is 3.86. The average Bonchev–Trinajstić information content (AvgIpc) is 3.07. The minimum Gasteiger partial charge on any atom is -0.461 e. The lowest BCUT2D eigenvalue weighted by Gasteiger charge is -2.07. The number of aromatic amines is 1. The van der Waals surface area contributed by atoms with Crippen molar-refractivity contribution in [3.05, 3.63) is 70.0 Å². The topological polar surface area (TPSA) is 107 Å². The van der Waals surface area contributed by atoms with Crippen molar-refractivity contribution in [3.8, 4) is 11.5 Å². The quantitative estimate of drug-likeness (QED) is 0.294. The lowest BCUT2D eigenvalue weighted by atomic mass is 10.1. The van der Waals surface area contributed by atoms with Crippen LogP contribution in [0.15, 0.2) is 48.7 Å². The van der Waals surface area contributed by atoms with E-state index in [1.807, 2.05) is 19.1 Å². The number of hydrogen-bond acceptors (Lipinski definition) is 6. The van der Waals surface area contributed by atoms with Gasteiger partial charge in [0.25, 0.3) is 5.69 Å². The Morgan fingerprint density at radius 1 is 1.14 bits per heavy atom. The van der Waals surface area contributed by atoms with Crippen LogP contribution in [0.25, 0.3) is 21.8 Å². The molecule has 0 fully saturated rings. The summed E-state index contributed by atoms with van der Waals surface area (Å²) in [5.74, 6) is 0.598. The molecule has 2 aromatic carbocycles. The van der Waals surface area contributed by atoms with Crippen molar-refractivity contribution in [2.24, 2.45) is 0 Å². The van der Waals surface area contributed by atoms with Gasteiger partial charge in [-0.2, -0.15) is 0 Å². The van der Waals surface area contributed by atoms with E-state index in [-0.39, 0.29) is 18.0 Å². The monoisotopic (exact) mass is 391 g/mol. The largest absolute Gasteiger partial charge is 0.461 e. The summed E-state index contributed by atoms with van der Waals surface area (Å²) in [4.78, 5) is 30.0. The molecule has 0 saturated heterocycles. The van der Waals surface area contributed by atoms with Crippen molar-refractivity contribution < 1.29 is 19.2 Å². The molecule has 2 aromatic heterocycles. The van der Waals surface area contributed by atoms with Crippen LogP contribution in [0, 0.1) is 17.0 Å². The van der Waals surface area contributed by atoms with Gasteiger partial charge in [0, 0.05) is 28.4 Å². The summed E-state index contributed by atoms with van der Waals surface area (Å²) in [5.41, 5.74) is 2.68. The summed E-state index contributed by atoms with van der Waals surface area (Å²) in [7, 11) is 0. The second kappa shape index (κ2) is 7.23. The number of pyridine rings is 1. The van der Waals surface area contributed by atoms with Gasteiger partial charge in [0.2, 0.25) is 0 Å². The van der Waals surface area contributed by atoms with Crippen molar-refractivity contribution in [3.63, 3.8) is 0 Å². The zero-order chi connectivity index (χ0) is 20.5. The molecular formula is C21H17N3O5. The van der Waals surface area contributed by atoms with Gasteiger partial charge in [-0.25, -0.2) is 9.78 Å². The summed E-state index contributed by atoms with van der Waals surface area (Å²) >= 11 is 0. The summed E-state index contributed by atoms with van der Waals surface area (Å²) in [5, 5.41) is 12.5. The number of H-pyrrole nitrogens is 1. The third-order valence-electron chi connectivity index (χ3n) is 4.60. The van der Waals surface area contributed by atoms with E-state index in [1.165, 1.54) is 12.1 Å². The van der Waals surface area contributed by atoms with Crippen molar-refractivity contribution in [2.75, 3.05) is 6.61 Å². The first-order chi connectivity index (χ1) is 14.0. The average molecular weight is 391 g/mol. The van der Waals surface area contributed by atoms with E-state index in [0.29, 0.717) is 11.5 Å². The third kappa shape index (κ3) is 3.36. The molecule has 0 aliphatic rings. The molecule has 0 bridgehead atoms. The number of nitro benzene ring substituents is 1. The van der Waals surface area contributed by atoms with E-state index < -0.39 is 10.9 Å². The number of non-ortho nitro benzene ring substituents is 1. The molecular weight excluding hydrogens is 374 g/mol. The number of carbonyl (C=O) groups excluding carboxylic acids is 1. The number of aromatic nitrogens is 2. The highest BCUT2D eigenvalue weighted by Gasteiger charge is 2.17. The molecule has 2 heterocycles. The smallest absolute Gasteiger partial charge is 0.357 e. The highest BCUT2D eigenvalue weighted by Crippen LogP contribution is 2.33. The van der Waals surface area contributed by atoms with Gasteiger partial charge < -0.3 is 14.5 Å². The maximum absolute atomic E-state index is 12.2. The Balaban J connectivity index is 1.75. The van der Waals surface area contributed by atoms with E-state index in [9.17, 15) is 14.9 Å². The van der Waals surface area contributed by atoms with Crippen molar-refractivity contribution in [1.82, 2.24) is 9.97 Å². The number of fused-ring (bicyclic) bond motifs is 3. The van der Waals surface area contributed by atoms with Gasteiger partial charge in [-0.3, -0.25) is 10.1 Å². The maximum atomic E-state index is 12.2. The van der Waals surface area contributed by atoms with Crippen LogP contribution in [-0.2, 0) is 4.74 Å². The lowest BCUT2D eigenvalue weighted by Crippen LogP contribution is -2.09. The van der Waals surface area contributed by atoms with Crippen LogP contribution in [0.2, 0.25) is 0 Å². The number of aryl methyl sites for hydroxylation is 1. The van der Waals surface area contributed by atoms with Crippen molar-refractivity contribution in [2.45, 2.75) is 13.8 Å². The van der Waals surface area contributed by atoms with Crippen molar-refractivity contribution >= 4 is 33.5 Å². The van der Waals surface area contributed by atoms with Gasteiger partial charge in [0.05, 0.1) is 23.2 Å². The molecule has 0 unspecified atom stereocenters. The number of carbonyl (C=O) groups is 1. The molecule has 0 atom stereocenters. The Hall–Kier alpha value is -3.94. The molecule has 0 aliphatic carbocycles. The predicted molar refractivity (Wildman–Crippen MR) is 107 cm³/mol. The molecule has 0 radical (unpaired) electrons. The first kappa shape index (κ1) is 18.4. The Bertz CT molecular complexity index is 1240. The molecule has 0 spiro atoms. The highest BCUT2D eigenvalue weighted by atomic mass is 16.6. The Morgan fingerprint density at radius 3 is 2.55 bits per heavy atom. The van der Waals surface area contributed by atoms with E-state index in [4.69, 9.17) is 9.47 Å². The number of rotatable bonds is 5. The molecule has 1 N–H and O–H groups in total. The van der Waals surface area contributed by atoms with E-state index in [1.54, 1.807) is 31.3 Å². The van der Waals surface area contributed by atoms with E-state index in [0.717, 1.165) is 27.4 Å². The Morgan fingerprint density at radius 2 is 1.86 bits per heavy atom. The summed E-state index contributed by atoms with van der Waals surface area (Å²) < 4.78 is 10.9. The first-order valence-electron chi connectivity index (χ1n) is 8.98. The fourth-order valence-corrected chi connectivity index (χ4v) is 3.28. The van der Waals surface area contributed by atoms with Gasteiger partial charge in [-0.05, 0) is 49.7 Å². The summed E-state index contributed by atoms with van der Waals surface area (Å²) in [6.07, 6.45) is 1.62. The third-order valence-corrected chi connectivity index (χ3v) is 4.60. The molecule has 8 heteroatoms. The Labute approximate surface area is 165 Å². The van der Waals surface area contributed by atoms with Crippen LogP contribution in [0.4, 0.5) is 5.69 Å². The van der Waals surface area contributed by atoms with Gasteiger partial charge in [0.15, 0.2) is 5.69 Å². The van der Waals surface area contributed by atoms with Gasteiger partial charge in [-0.15, -0.1) is 0 Å². The number of nitrogens with zero attached hydrogens (tertiary/aromatic N) is 2. The number of esters is 1. The zero-order valence-corrected chi connectivity index (χ0v) is 15.8. The maximum Gasteiger partial charge on any atom is 0.357 e. The minimum atomic E-state index is -0.459. The predicted octanol–water partition coefficient (Wildman–Crippen LogP) is 4.90. The number of ether oxygens (including phenoxy) is 2. The number of benzene rings is 2. The summed E-state index contributed by atoms with van der Waals surface area (Å²) in [6, 6.07) is 11.4. The number of hydrogen-bond donors (Lipinski definition) is 1. The molecule has 0 amide bonds. The molecule has 0 aliphatic heterocycles. The first-order valence-corrected chi connectivity index (χ1v) is 8.98. The van der Waals surface area contributed by atoms with Gasteiger partial charge in [-0.1, -0.05) is 0 Å². The number of nitrogens with one attached hydrogen (secondary N) is 1. The molecule has 0 saturated carbocycles. The van der Waals surface area contributed by atoms with Crippen molar-refractivity contribution in [1.29, 1.82) is 0 Å². The SMILES string of the molecule is CCOC(=O)c1ncc2[nH]c3ccc(Oc4ccc([N+](=O)[O-])cc4)cc3c2c1C. The zero-order valence-electron chi connectivity index (χ0n) is 15.8. The number of nitro groups is 1. The second-order valence-corrected chi connectivity index (χ2v) is 6.43. The standard InChI is InChI=1S/C21H17N3O5/c1-3-28-21(25)20-12(2)19-16-10-15(8-9-17(16)23-18(19)11-22-20)29-14-6-4-13(5-7-14)24(26)27/h4-11,23H,3H2,1-2H3. The molecule has 4 aromatic rings. The molecule has 29 heavy (non-hydrogen) atoms. The van der Waals surface area contributed by atoms with Crippen LogP contribution in [0.1, 0.15) is 23.0 Å². The highest BCUT2D eigenvalue weighted by molar-refractivity contribution is 6.11. The lowest BCUT2D eigenvalue weighted by molar-refractivity contribution is -0.384. The van der Waals surface area contributed by atoms with Crippen LogP contribution in [-0.4, -0.2) is 27.5 Å². The van der Waals surface area contributed by atoms with Gasteiger partial charge >= 0.3 is 5.97 Å². The van der Waals surface area contributed by atoms with Crippen LogP contribution in [0.3, 0.4) is 0 Å². The second-order valence-electron chi connectivity index (χ2n) is 6.43. The minimum absolute atomic E-state index is 0.000879. The Kier molecular flexibility index (Phi) is 4.59. The molecule has 4 rings (SSSR count). The van der Waals surface area contributed by atoms with Gasteiger partial charge in [0.1, 0.15) is 11.5 Å². The van der Waals surface area contributed by atoms with E-state index in [2.05, 4.69) is 9.97 Å². The molecule has 8 nitrogen and oxygen atoms in total. The fourth-order valence-electron chi connectivity index (χ4n) is 3.28. The fraction of sp³-hybridized carbons (Fsp3) is 0.143. The van der Waals surface area contributed by atoms with Crippen LogP contribution < -0.4 is 4.74 Å². The molecule has 146 valence electrons. The van der Waals surface area contributed by atoms with E-state index >= 15 is 0 Å². The normalized spacial score (nSPS) is 11.0. The van der Waals surface area contributed by atoms with Crippen LogP contribution >= 0.6 is 0 Å². The van der Waals surface area contributed by atoms with Crippen LogP contribution in [0.5, 0.6) is 11.5 Å².